The molecule has 0 aliphatic heterocycles. The van der Waals surface area contributed by atoms with Crippen LogP contribution >= 0.6 is 0 Å². The van der Waals surface area contributed by atoms with Crippen molar-refractivity contribution in [2.45, 2.75) is 26.4 Å². The number of ether oxygens (including phenoxy) is 1. The zero-order valence-electron chi connectivity index (χ0n) is 14.7. The molecule has 0 saturated carbocycles. The van der Waals surface area contributed by atoms with Crippen LogP contribution in [-0.4, -0.2) is 16.6 Å². The summed E-state index contributed by atoms with van der Waals surface area (Å²) < 4.78 is 5.37. The lowest BCUT2D eigenvalue weighted by Gasteiger charge is -2.18. The fraction of sp³-hybridized carbons (Fsp3) is 0.182. The minimum atomic E-state index is -0.513. The average Bonchev–Trinajstić information content (AvgIpc) is 2.59. The second kappa shape index (κ2) is 6.89. The van der Waals surface area contributed by atoms with Gasteiger partial charge in [0.15, 0.2) is 0 Å². The van der Waals surface area contributed by atoms with Crippen LogP contribution in [0.4, 0.5) is 0 Å². The molecule has 1 aromatic heterocycles. The third-order valence-corrected chi connectivity index (χ3v) is 3.68. The van der Waals surface area contributed by atoms with Crippen molar-refractivity contribution in [2.24, 2.45) is 0 Å². The van der Waals surface area contributed by atoms with Gasteiger partial charge in [-0.15, -0.1) is 0 Å². The highest BCUT2D eigenvalue weighted by Gasteiger charge is 2.15. The molecular weight excluding hydrogens is 310 g/mol. The zero-order chi connectivity index (χ0) is 17.9. The summed E-state index contributed by atoms with van der Waals surface area (Å²) in [5, 5.41) is 2.09. The van der Waals surface area contributed by atoms with Crippen LogP contribution in [0.5, 0.6) is 0 Å². The monoisotopic (exact) mass is 331 g/mol. The molecule has 1 heterocycles. The smallest absolute Gasteiger partial charge is 0.331 e. The Balaban J connectivity index is 2.09. The van der Waals surface area contributed by atoms with E-state index in [0.29, 0.717) is 0 Å². The quantitative estimate of drug-likeness (QED) is 0.485. The molecule has 3 heteroatoms. The molecule has 0 atom stereocenters. The molecular formula is C22H21NO2. The predicted octanol–water partition coefficient (Wildman–Crippen LogP) is 5.26. The van der Waals surface area contributed by atoms with Crippen LogP contribution in [0.2, 0.25) is 0 Å². The van der Waals surface area contributed by atoms with Gasteiger partial charge in [-0.3, -0.25) is 4.98 Å². The minimum absolute atomic E-state index is 0.362. The first-order chi connectivity index (χ1) is 11.9. The first-order valence-corrected chi connectivity index (χ1v) is 8.28. The SMILES string of the molecule is CC(C)(C)OC(=O)/C=C/c1c(-c2ccccc2)ncc2ccccc12. The molecule has 0 aliphatic carbocycles. The lowest BCUT2D eigenvalue weighted by Crippen LogP contribution is -2.22. The van der Waals surface area contributed by atoms with E-state index in [2.05, 4.69) is 4.98 Å². The normalized spacial score (nSPS) is 11.8. The van der Waals surface area contributed by atoms with Gasteiger partial charge >= 0.3 is 5.97 Å². The number of nitrogens with zero attached hydrogens (tertiary/aromatic N) is 1. The van der Waals surface area contributed by atoms with E-state index >= 15 is 0 Å². The van der Waals surface area contributed by atoms with Crippen molar-refractivity contribution in [3.05, 3.63) is 72.4 Å². The lowest BCUT2D eigenvalue weighted by atomic mass is 9.99. The molecule has 2 aromatic carbocycles. The fourth-order valence-electron chi connectivity index (χ4n) is 2.67. The topological polar surface area (TPSA) is 39.2 Å². The van der Waals surface area contributed by atoms with Crippen LogP contribution in [0.25, 0.3) is 28.1 Å². The maximum atomic E-state index is 12.1. The number of esters is 1. The van der Waals surface area contributed by atoms with Crippen molar-refractivity contribution < 1.29 is 9.53 Å². The van der Waals surface area contributed by atoms with Gasteiger partial charge < -0.3 is 4.74 Å². The first kappa shape index (κ1) is 16.9. The molecule has 0 saturated heterocycles. The number of carbonyl (C=O) groups excluding carboxylic acids is 1. The zero-order valence-corrected chi connectivity index (χ0v) is 14.7. The van der Waals surface area contributed by atoms with Crippen LogP contribution in [0.1, 0.15) is 26.3 Å². The molecule has 0 unspecified atom stereocenters. The molecule has 0 fully saturated rings. The van der Waals surface area contributed by atoms with Crippen molar-refractivity contribution in [3.63, 3.8) is 0 Å². The Kier molecular flexibility index (Phi) is 4.66. The second-order valence-electron chi connectivity index (χ2n) is 6.84. The van der Waals surface area contributed by atoms with E-state index in [1.54, 1.807) is 6.08 Å². The summed E-state index contributed by atoms with van der Waals surface area (Å²) in [4.78, 5) is 16.7. The van der Waals surface area contributed by atoms with Gasteiger partial charge in [0.2, 0.25) is 0 Å². The summed E-state index contributed by atoms with van der Waals surface area (Å²) in [6.07, 6.45) is 5.13. The van der Waals surface area contributed by atoms with Gasteiger partial charge in [0.05, 0.1) is 5.69 Å². The average molecular weight is 331 g/mol. The Hall–Kier alpha value is -2.94. The highest BCUT2D eigenvalue weighted by Crippen LogP contribution is 2.29. The van der Waals surface area contributed by atoms with Gasteiger partial charge in [-0.2, -0.15) is 0 Å². The molecule has 0 aliphatic rings. The second-order valence-corrected chi connectivity index (χ2v) is 6.84. The molecule has 0 amide bonds. The molecule has 3 rings (SSSR count). The molecule has 0 bridgehead atoms. The molecule has 126 valence electrons. The number of pyridine rings is 1. The summed E-state index contributed by atoms with van der Waals surface area (Å²) >= 11 is 0. The third-order valence-electron chi connectivity index (χ3n) is 3.68. The molecule has 25 heavy (non-hydrogen) atoms. The van der Waals surface area contributed by atoms with Crippen molar-refractivity contribution in [1.82, 2.24) is 4.98 Å². The summed E-state index contributed by atoms with van der Waals surface area (Å²) in [5.74, 6) is -0.362. The highest BCUT2D eigenvalue weighted by molar-refractivity contribution is 5.98. The number of rotatable bonds is 3. The van der Waals surface area contributed by atoms with Gasteiger partial charge in [-0.05, 0) is 32.2 Å². The maximum absolute atomic E-state index is 12.1. The van der Waals surface area contributed by atoms with Crippen LogP contribution in [0.15, 0.2) is 66.9 Å². The highest BCUT2D eigenvalue weighted by atomic mass is 16.6. The fourth-order valence-corrected chi connectivity index (χ4v) is 2.67. The van der Waals surface area contributed by atoms with Gasteiger partial charge in [0.1, 0.15) is 5.60 Å². The Morgan fingerprint density at radius 1 is 1.00 bits per heavy atom. The Morgan fingerprint density at radius 2 is 1.68 bits per heavy atom. The number of fused-ring (bicyclic) bond motifs is 1. The van der Waals surface area contributed by atoms with Crippen LogP contribution in [-0.2, 0) is 9.53 Å². The lowest BCUT2D eigenvalue weighted by molar-refractivity contribution is -0.148. The van der Waals surface area contributed by atoms with E-state index in [1.165, 1.54) is 6.08 Å². The van der Waals surface area contributed by atoms with Crippen LogP contribution < -0.4 is 0 Å². The summed E-state index contributed by atoms with van der Waals surface area (Å²) in [5.41, 5.74) is 2.26. The summed E-state index contributed by atoms with van der Waals surface area (Å²) in [6, 6.07) is 18.0. The summed E-state index contributed by atoms with van der Waals surface area (Å²) in [7, 11) is 0. The first-order valence-electron chi connectivity index (χ1n) is 8.28. The number of hydrogen-bond acceptors (Lipinski definition) is 3. The van der Waals surface area contributed by atoms with Crippen LogP contribution in [0, 0.1) is 0 Å². The third kappa shape index (κ3) is 4.13. The Labute approximate surface area is 148 Å². The van der Waals surface area contributed by atoms with E-state index in [4.69, 9.17) is 4.74 Å². The number of benzene rings is 2. The van der Waals surface area contributed by atoms with E-state index < -0.39 is 5.60 Å². The van der Waals surface area contributed by atoms with E-state index in [-0.39, 0.29) is 5.97 Å². The van der Waals surface area contributed by atoms with Gasteiger partial charge in [0.25, 0.3) is 0 Å². The Bertz CT molecular complexity index is 922. The maximum Gasteiger partial charge on any atom is 0.331 e. The van der Waals surface area contributed by atoms with Crippen molar-refractivity contribution in [2.75, 3.05) is 0 Å². The van der Waals surface area contributed by atoms with Gasteiger partial charge in [0, 0.05) is 28.8 Å². The van der Waals surface area contributed by atoms with E-state index in [9.17, 15) is 4.79 Å². The van der Waals surface area contributed by atoms with E-state index in [1.807, 2.05) is 81.6 Å². The minimum Gasteiger partial charge on any atom is -0.457 e. The molecule has 0 N–H and O–H groups in total. The molecule has 0 radical (unpaired) electrons. The molecule has 3 aromatic rings. The standard InChI is InChI=1S/C22H21NO2/c1-22(2,3)25-20(24)14-13-19-18-12-8-7-11-17(18)15-23-21(19)16-9-5-4-6-10-16/h4-15H,1-3H3/b14-13+. The molecule has 3 nitrogen and oxygen atoms in total. The summed E-state index contributed by atoms with van der Waals surface area (Å²) in [6.45, 7) is 5.56. The van der Waals surface area contributed by atoms with Gasteiger partial charge in [-0.1, -0.05) is 54.6 Å². The number of hydrogen-bond donors (Lipinski definition) is 0. The largest absolute Gasteiger partial charge is 0.457 e. The Morgan fingerprint density at radius 3 is 2.40 bits per heavy atom. The number of aromatic nitrogens is 1. The molecule has 0 spiro atoms. The number of carbonyl (C=O) groups is 1. The van der Waals surface area contributed by atoms with Crippen molar-refractivity contribution >= 4 is 22.8 Å². The van der Waals surface area contributed by atoms with Gasteiger partial charge in [-0.25, -0.2) is 4.79 Å². The van der Waals surface area contributed by atoms with E-state index in [0.717, 1.165) is 27.6 Å². The van der Waals surface area contributed by atoms with Crippen LogP contribution in [0.3, 0.4) is 0 Å². The predicted molar refractivity (Wildman–Crippen MR) is 102 cm³/mol. The van der Waals surface area contributed by atoms with Crippen molar-refractivity contribution in [3.8, 4) is 11.3 Å². The van der Waals surface area contributed by atoms with Crippen molar-refractivity contribution in [1.29, 1.82) is 0 Å².